The first-order valence-corrected chi connectivity index (χ1v) is 6.88. The molecule has 1 N–H and O–H groups in total. The summed E-state index contributed by atoms with van der Waals surface area (Å²) in [5.74, 6) is 0. The Morgan fingerprint density at radius 1 is 1.14 bits per heavy atom. The number of anilines is 2. The van der Waals surface area contributed by atoms with E-state index in [1.807, 2.05) is 49.4 Å². The van der Waals surface area contributed by atoms with Crippen molar-refractivity contribution in [1.82, 2.24) is 4.98 Å². The molecule has 0 radical (unpaired) electrons. The zero-order valence-electron chi connectivity index (χ0n) is 11.4. The van der Waals surface area contributed by atoms with Crippen LogP contribution in [0.5, 0.6) is 0 Å². The van der Waals surface area contributed by atoms with E-state index in [0.29, 0.717) is 10.6 Å². The number of fused-ring (bicyclic) bond motifs is 1. The molecular weight excluding hydrogens is 282 g/mol. The highest BCUT2D eigenvalue weighted by Gasteiger charge is 2.10. The average molecular weight is 294 g/mol. The van der Waals surface area contributed by atoms with Crippen LogP contribution in [0.1, 0.15) is 11.1 Å². The minimum atomic E-state index is 0.507. The monoisotopic (exact) mass is 293 g/mol. The summed E-state index contributed by atoms with van der Waals surface area (Å²) in [5.41, 5.74) is 3.94. The van der Waals surface area contributed by atoms with Crippen LogP contribution in [-0.4, -0.2) is 4.98 Å². The Hall–Kier alpha value is -2.57. The molecule has 102 valence electrons. The standard InChI is InChI=1S/C17H12ClN3/c1-11-14(18)6-4-8-15(11)21-17-12(9-19)10-20-16-7-3-2-5-13(16)17/h2-8,10H,1H3,(H,20,21). The molecule has 0 aliphatic rings. The quantitative estimate of drug-likeness (QED) is 0.737. The van der Waals surface area contributed by atoms with Gasteiger partial charge in [-0.1, -0.05) is 35.9 Å². The molecule has 0 saturated heterocycles. The molecule has 0 fully saturated rings. The van der Waals surface area contributed by atoms with Crippen molar-refractivity contribution in [1.29, 1.82) is 5.26 Å². The van der Waals surface area contributed by atoms with E-state index < -0.39 is 0 Å². The minimum absolute atomic E-state index is 0.507. The van der Waals surface area contributed by atoms with Crippen molar-refractivity contribution in [2.75, 3.05) is 5.32 Å². The second-order valence-electron chi connectivity index (χ2n) is 4.71. The number of rotatable bonds is 2. The normalized spacial score (nSPS) is 10.3. The maximum absolute atomic E-state index is 9.32. The van der Waals surface area contributed by atoms with E-state index in [4.69, 9.17) is 11.6 Å². The highest BCUT2D eigenvalue weighted by atomic mass is 35.5. The van der Waals surface area contributed by atoms with Gasteiger partial charge in [0, 0.05) is 22.3 Å². The SMILES string of the molecule is Cc1c(Cl)cccc1Nc1c(C#N)cnc2ccccc12. The lowest BCUT2D eigenvalue weighted by atomic mass is 10.1. The third kappa shape index (κ3) is 2.42. The second kappa shape index (κ2) is 5.43. The molecule has 3 nitrogen and oxygen atoms in total. The summed E-state index contributed by atoms with van der Waals surface area (Å²) >= 11 is 6.15. The van der Waals surface area contributed by atoms with Gasteiger partial charge in [0.25, 0.3) is 0 Å². The lowest BCUT2D eigenvalue weighted by Gasteiger charge is -2.14. The lowest BCUT2D eigenvalue weighted by Crippen LogP contribution is -1.98. The number of aromatic nitrogens is 1. The fourth-order valence-electron chi connectivity index (χ4n) is 2.24. The Labute approximate surface area is 127 Å². The van der Waals surface area contributed by atoms with Gasteiger partial charge in [0.1, 0.15) is 6.07 Å². The second-order valence-corrected chi connectivity index (χ2v) is 5.12. The van der Waals surface area contributed by atoms with Gasteiger partial charge in [0.2, 0.25) is 0 Å². The van der Waals surface area contributed by atoms with E-state index in [1.165, 1.54) is 0 Å². The number of nitrogens with one attached hydrogen (secondary N) is 1. The Morgan fingerprint density at radius 2 is 1.95 bits per heavy atom. The third-order valence-electron chi connectivity index (χ3n) is 3.42. The fourth-order valence-corrected chi connectivity index (χ4v) is 2.41. The number of hydrogen-bond acceptors (Lipinski definition) is 3. The molecule has 0 atom stereocenters. The number of hydrogen-bond donors (Lipinski definition) is 1. The smallest absolute Gasteiger partial charge is 0.103 e. The molecule has 0 bridgehead atoms. The average Bonchev–Trinajstić information content (AvgIpc) is 2.52. The summed E-state index contributed by atoms with van der Waals surface area (Å²) < 4.78 is 0. The molecule has 0 amide bonds. The van der Waals surface area contributed by atoms with Crippen molar-refractivity contribution in [3.63, 3.8) is 0 Å². The van der Waals surface area contributed by atoms with E-state index >= 15 is 0 Å². The van der Waals surface area contributed by atoms with Crippen molar-refractivity contribution in [3.05, 3.63) is 64.8 Å². The van der Waals surface area contributed by atoms with Crippen molar-refractivity contribution in [2.45, 2.75) is 6.92 Å². The fraction of sp³-hybridized carbons (Fsp3) is 0.0588. The van der Waals surface area contributed by atoms with Crippen LogP contribution in [0.25, 0.3) is 10.9 Å². The van der Waals surface area contributed by atoms with Crippen molar-refractivity contribution >= 4 is 33.9 Å². The van der Waals surface area contributed by atoms with E-state index in [-0.39, 0.29) is 0 Å². The van der Waals surface area contributed by atoms with Crippen LogP contribution in [0.3, 0.4) is 0 Å². The molecule has 0 saturated carbocycles. The first kappa shape index (κ1) is 13.4. The molecule has 0 aliphatic carbocycles. The summed E-state index contributed by atoms with van der Waals surface area (Å²) in [7, 11) is 0. The first-order chi connectivity index (χ1) is 10.2. The highest BCUT2D eigenvalue weighted by Crippen LogP contribution is 2.31. The molecule has 4 heteroatoms. The Balaban J connectivity index is 2.20. The van der Waals surface area contributed by atoms with E-state index in [0.717, 1.165) is 27.8 Å². The van der Waals surface area contributed by atoms with E-state index in [2.05, 4.69) is 16.4 Å². The van der Waals surface area contributed by atoms with Crippen LogP contribution in [0.2, 0.25) is 5.02 Å². The molecule has 3 aromatic rings. The molecule has 0 spiro atoms. The van der Waals surface area contributed by atoms with Crippen molar-refractivity contribution in [2.24, 2.45) is 0 Å². The van der Waals surface area contributed by atoms with Crippen LogP contribution in [0.4, 0.5) is 11.4 Å². The highest BCUT2D eigenvalue weighted by molar-refractivity contribution is 6.31. The number of benzene rings is 2. The van der Waals surface area contributed by atoms with Gasteiger partial charge in [-0.2, -0.15) is 5.26 Å². The molecular formula is C17H12ClN3. The number of pyridine rings is 1. The number of para-hydroxylation sites is 1. The summed E-state index contributed by atoms with van der Waals surface area (Å²) in [6.07, 6.45) is 1.59. The zero-order chi connectivity index (χ0) is 14.8. The van der Waals surface area contributed by atoms with Crippen molar-refractivity contribution < 1.29 is 0 Å². The summed E-state index contributed by atoms with van der Waals surface area (Å²) in [6.45, 7) is 1.94. The van der Waals surface area contributed by atoms with E-state index in [9.17, 15) is 5.26 Å². The molecule has 1 aromatic heterocycles. The van der Waals surface area contributed by atoms with Gasteiger partial charge in [0.05, 0.1) is 16.8 Å². The van der Waals surface area contributed by atoms with Crippen LogP contribution in [0, 0.1) is 18.3 Å². The summed E-state index contributed by atoms with van der Waals surface area (Å²) in [5, 5.41) is 14.3. The molecule has 0 aliphatic heterocycles. The number of nitriles is 1. The lowest BCUT2D eigenvalue weighted by molar-refractivity contribution is 1.35. The molecule has 0 unspecified atom stereocenters. The van der Waals surface area contributed by atoms with Gasteiger partial charge in [-0.3, -0.25) is 4.98 Å². The van der Waals surface area contributed by atoms with Crippen LogP contribution >= 0.6 is 11.6 Å². The molecule has 3 rings (SSSR count). The van der Waals surface area contributed by atoms with Crippen LogP contribution < -0.4 is 5.32 Å². The van der Waals surface area contributed by atoms with Gasteiger partial charge in [0.15, 0.2) is 0 Å². The van der Waals surface area contributed by atoms with Crippen LogP contribution in [0.15, 0.2) is 48.7 Å². The number of nitrogens with zero attached hydrogens (tertiary/aromatic N) is 2. The Morgan fingerprint density at radius 3 is 2.76 bits per heavy atom. The van der Waals surface area contributed by atoms with Gasteiger partial charge in [-0.25, -0.2) is 0 Å². The predicted octanol–water partition coefficient (Wildman–Crippen LogP) is 4.81. The largest absolute Gasteiger partial charge is 0.354 e. The topological polar surface area (TPSA) is 48.7 Å². The van der Waals surface area contributed by atoms with Gasteiger partial charge < -0.3 is 5.32 Å². The maximum atomic E-state index is 9.32. The van der Waals surface area contributed by atoms with Crippen molar-refractivity contribution in [3.8, 4) is 6.07 Å². The van der Waals surface area contributed by atoms with Gasteiger partial charge >= 0.3 is 0 Å². The van der Waals surface area contributed by atoms with Gasteiger partial charge in [-0.05, 0) is 30.7 Å². The molecule has 1 heterocycles. The van der Waals surface area contributed by atoms with E-state index in [1.54, 1.807) is 6.20 Å². The minimum Gasteiger partial charge on any atom is -0.354 e. The summed E-state index contributed by atoms with van der Waals surface area (Å²) in [6, 6.07) is 15.6. The van der Waals surface area contributed by atoms with Gasteiger partial charge in [-0.15, -0.1) is 0 Å². The number of halogens is 1. The Bertz CT molecular complexity index is 866. The third-order valence-corrected chi connectivity index (χ3v) is 3.83. The molecule has 2 aromatic carbocycles. The summed E-state index contributed by atoms with van der Waals surface area (Å²) in [4.78, 5) is 4.31. The maximum Gasteiger partial charge on any atom is 0.103 e. The first-order valence-electron chi connectivity index (χ1n) is 6.50. The van der Waals surface area contributed by atoms with Crippen LogP contribution in [-0.2, 0) is 0 Å². The predicted molar refractivity (Wildman–Crippen MR) is 85.9 cm³/mol. The zero-order valence-corrected chi connectivity index (χ0v) is 12.1. The Kier molecular flexibility index (Phi) is 3.47. The molecule has 21 heavy (non-hydrogen) atoms.